The van der Waals surface area contributed by atoms with E-state index in [1.807, 2.05) is 0 Å². The normalized spacial score (nSPS) is 16.7. The molecule has 2 N–H and O–H groups in total. The summed E-state index contributed by atoms with van der Waals surface area (Å²) in [5.74, 6) is 0.622. The summed E-state index contributed by atoms with van der Waals surface area (Å²) in [6.45, 7) is 0. The maximum atomic E-state index is 13.5. The Balaban J connectivity index is 1.52. The summed E-state index contributed by atoms with van der Waals surface area (Å²) in [6.07, 6.45) is 1.52. The number of halogens is 1. The number of ether oxygens (including phenoxy) is 3. The molecule has 2 heterocycles. The van der Waals surface area contributed by atoms with Crippen LogP contribution in [0, 0.1) is 11.3 Å². The maximum absolute atomic E-state index is 13.5. The highest BCUT2D eigenvalue weighted by Crippen LogP contribution is 2.50. The van der Waals surface area contributed by atoms with E-state index in [0.29, 0.717) is 73.4 Å². The molecule has 1 aliphatic carbocycles. The van der Waals surface area contributed by atoms with Gasteiger partial charge in [0.15, 0.2) is 27.4 Å². The van der Waals surface area contributed by atoms with E-state index in [-0.39, 0.29) is 28.7 Å². The Morgan fingerprint density at radius 2 is 1.83 bits per heavy atom. The van der Waals surface area contributed by atoms with E-state index in [2.05, 4.69) is 16.3 Å². The van der Waals surface area contributed by atoms with Crippen LogP contribution in [0.3, 0.4) is 0 Å². The van der Waals surface area contributed by atoms with Gasteiger partial charge in [-0.25, -0.2) is 0 Å². The van der Waals surface area contributed by atoms with Gasteiger partial charge in [0.05, 0.1) is 44.6 Å². The van der Waals surface area contributed by atoms with Crippen LogP contribution in [0.5, 0.6) is 17.2 Å². The van der Waals surface area contributed by atoms with E-state index in [0.717, 1.165) is 0 Å². The first kappa shape index (κ1) is 29.4. The first-order chi connectivity index (χ1) is 20.3. The topological polar surface area (TPSA) is 141 Å². The molecule has 0 spiro atoms. The van der Waals surface area contributed by atoms with Crippen molar-refractivity contribution in [1.82, 2.24) is 10.2 Å². The summed E-state index contributed by atoms with van der Waals surface area (Å²) in [4.78, 5) is 27.8. The van der Waals surface area contributed by atoms with Crippen LogP contribution in [-0.4, -0.2) is 48.8 Å². The van der Waals surface area contributed by atoms with Gasteiger partial charge in [0.1, 0.15) is 5.82 Å². The lowest BCUT2D eigenvalue weighted by atomic mass is 9.75. The molecule has 0 saturated carbocycles. The van der Waals surface area contributed by atoms with Crippen LogP contribution >= 0.6 is 34.7 Å². The average molecular weight is 624 g/mol. The predicted molar refractivity (Wildman–Crippen MR) is 160 cm³/mol. The molecule has 1 unspecified atom stereocenters. The number of Topliss-reactive ketones (excluding diaryl/α,β-unsaturated/α-hetero) is 2. The quantitative estimate of drug-likeness (QED) is 0.239. The Labute approximate surface area is 255 Å². The molecule has 42 heavy (non-hydrogen) atoms. The fraction of sp³-hybridized carbons (Fsp3) is 0.276. The second-order valence-electron chi connectivity index (χ2n) is 9.34. The highest BCUT2D eigenvalue weighted by molar-refractivity contribution is 8.01. The number of methoxy groups -OCH3 is 3. The van der Waals surface area contributed by atoms with E-state index in [1.165, 1.54) is 44.4 Å². The van der Waals surface area contributed by atoms with Crippen LogP contribution in [0.25, 0.3) is 0 Å². The van der Waals surface area contributed by atoms with Gasteiger partial charge in [0, 0.05) is 28.3 Å². The predicted octanol–water partition coefficient (Wildman–Crippen LogP) is 5.50. The number of ketones is 2. The number of benzene rings is 2. The largest absolute Gasteiger partial charge is 0.493 e. The van der Waals surface area contributed by atoms with Crippen LogP contribution in [0.4, 0.5) is 5.13 Å². The summed E-state index contributed by atoms with van der Waals surface area (Å²) in [6, 6.07) is 12.4. The fourth-order valence-electron chi connectivity index (χ4n) is 5.10. The molecule has 0 saturated heterocycles. The number of nitriles is 1. The highest BCUT2D eigenvalue weighted by Gasteiger charge is 2.42. The molecule has 10 nitrogen and oxygen atoms in total. The average Bonchev–Trinajstić information content (AvgIpc) is 3.47. The molecule has 3 aromatic rings. The maximum Gasteiger partial charge on any atom is 0.219 e. The van der Waals surface area contributed by atoms with Gasteiger partial charge in [-0.15, -0.1) is 10.2 Å². The zero-order chi connectivity index (χ0) is 30.0. The number of nitrogens with two attached hydrogens (primary N) is 1. The van der Waals surface area contributed by atoms with Crippen molar-refractivity contribution in [2.24, 2.45) is 5.73 Å². The number of hydrogen-bond acceptors (Lipinski definition) is 12. The second kappa shape index (κ2) is 12.4. The molecule has 2 aliphatic rings. The van der Waals surface area contributed by atoms with Crippen molar-refractivity contribution in [3.8, 4) is 23.3 Å². The minimum Gasteiger partial charge on any atom is -0.493 e. The molecule has 5 rings (SSSR count). The standard InChI is InChI=1S/C29H26ClN5O5S2/c1-38-22-11-16(12-23(39-2)26(22)40-3)24-18(13-31)27(32)35(19-5-4-6-20(36)25(19)24)28-33-34-29(42-28)41-14-21(37)15-7-9-17(30)10-8-15/h7-12,24H,4-6,14,32H2,1-3H3. The summed E-state index contributed by atoms with van der Waals surface area (Å²) in [5.41, 5.74) is 9.18. The summed E-state index contributed by atoms with van der Waals surface area (Å²) < 4.78 is 17.1. The molecule has 13 heteroatoms. The smallest absolute Gasteiger partial charge is 0.219 e. The van der Waals surface area contributed by atoms with Crippen LogP contribution in [0.1, 0.15) is 41.1 Å². The number of nitrogens with zero attached hydrogens (tertiary/aromatic N) is 4. The number of carbonyl (C=O) groups excluding carboxylic acids is 2. The number of allylic oxidation sites excluding steroid dienone is 3. The molecule has 0 bridgehead atoms. The first-order valence-corrected chi connectivity index (χ1v) is 15.0. The molecule has 2 aromatic carbocycles. The van der Waals surface area contributed by atoms with Gasteiger partial charge in [-0.2, -0.15) is 5.26 Å². The van der Waals surface area contributed by atoms with E-state index in [9.17, 15) is 14.9 Å². The minimum atomic E-state index is -0.735. The molecule has 0 fully saturated rings. The number of anilines is 1. The van der Waals surface area contributed by atoms with Crippen molar-refractivity contribution >= 4 is 51.4 Å². The van der Waals surface area contributed by atoms with Crippen LogP contribution < -0.4 is 24.8 Å². The van der Waals surface area contributed by atoms with Gasteiger partial charge in [-0.05, 0) is 54.8 Å². The zero-order valence-electron chi connectivity index (χ0n) is 23.0. The van der Waals surface area contributed by atoms with Crippen molar-refractivity contribution in [2.75, 3.05) is 32.0 Å². The first-order valence-electron chi connectivity index (χ1n) is 12.8. The Kier molecular flexibility index (Phi) is 8.72. The van der Waals surface area contributed by atoms with Crippen molar-refractivity contribution in [2.45, 2.75) is 29.5 Å². The van der Waals surface area contributed by atoms with Gasteiger partial charge in [0.2, 0.25) is 10.9 Å². The minimum absolute atomic E-state index is 0.0753. The Morgan fingerprint density at radius 3 is 2.45 bits per heavy atom. The third kappa shape index (κ3) is 5.43. The number of hydrogen-bond donors (Lipinski definition) is 1. The lowest BCUT2D eigenvalue weighted by Crippen LogP contribution is -2.38. The third-order valence-corrected chi connectivity index (χ3v) is 9.31. The summed E-state index contributed by atoms with van der Waals surface area (Å²) in [5, 5.41) is 19.9. The number of thioether (sulfide) groups is 1. The van der Waals surface area contributed by atoms with E-state index >= 15 is 0 Å². The van der Waals surface area contributed by atoms with E-state index < -0.39 is 5.92 Å². The monoisotopic (exact) mass is 623 g/mol. The van der Waals surface area contributed by atoms with Crippen LogP contribution in [0.15, 0.2) is 63.4 Å². The molecular weight excluding hydrogens is 598 g/mol. The van der Waals surface area contributed by atoms with E-state index in [4.69, 9.17) is 31.5 Å². The SMILES string of the molecule is COc1cc(C2C(C#N)=C(N)N(c3nnc(SCC(=O)c4ccc(Cl)cc4)s3)C3=C2C(=O)CCC3)cc(OC)c1OC. The Morgan fingerprint density at radius 1 is 1.14 bits per heavy atom. The lowest BCUT2D eigenvalue weighted by molar-refractivity contribution is -0.116. The van der Waals surface area contributed by atoms with E-state index in [1.54, 1.807) is 41.3 Å². The van der Waals surface area contributed by atoms with Gasteiger partial charge < -0.3 is 19.9 Å². The van der Waals surface area contributed by atoms with Crippen molar-refractivity contribution in [1.29, 1.82) is 5.26 Å². The molecule has 0 radical (unpaired) electrons. The van der Waals surface area contributed by atoms with Gasteiger partial charge in [0.25, 0.3) is 0 Å². The molecule has 1 aromatic heterocycles. The third-order valence-electron chi connectivity index (χ3n) is 7.01. The lowest BCUT2D eigenvalue weighted by Gasteiger charge is -2.38. The number of aromatic nitrogens is 2. The molecule has 0 amide bonds. The highest BCUT2D eigenvalue weighted by atomic mass is 35.5. The number of carbonyl (C=O) groups is 2. The van der Waals surface area contributed by atoms with Crippen LogP contribution in [-0.2, 0) is 4.79 Å². The Hall–Kier alpha value is -4.05. The summed E-state index contributed by atoms with van der Waals surface area (Å²) in [7, 11) is 4.51. The summed E-state index contributed by atoms with van der Waals surface area (Å²) >= 11 is 8.41. The van der Waals surface area contributed by atoms with Gasteiger partial charge in [-0.3, -0.25) is 14.5 Å². The van der Waals surface area contributed by atoms with Crippen molar-refractivity contribution in [3.63, 3.8) is 0 Å². The molecule has 1 atom stereocenters. The van der Waals surface area contributed by atoms with Crippen LogP contribution in [0.2, 0.25) is 5.02 Å². The van der Waals surface area contributed by atoms with Gasteiger partial charge in [-0.1, -0.05) is 34.7 Å². The zero-order valence-corrected chi connectivity index (χ0v) is 25.4. The van der Waals surface area contributed by atoms with Crippen molar-refractivity contribution < 1.29 is 23.8 Å². The molecule has 1 aliphatic heterocycles. The second-order valence-corrected chi connectivity index (χ2v) is 12.0. The fourth-order valence-corrected chi connectivity index (χ4v) is 7.01. The van der Waals surface area contributed by atoms with Gasteiger partial charge >= 0.3 is 0 Å². The molecule has 216 valence electrons. The number of rotatable bonds is 9. The molecular formula is C29H26ClN5O5S2. The Bertz CT molecular complexity index is 1640. The van der Waals surface area contributed by atoms with Crippen molar-refractivity contribution in [3.05, 3.63) is 75.2 Å².